The van der Waals surface area contributed by atoms with Crippen molar-refractivity contribution in [2.45, 2.75) is 58.2 Å². The van der Waals surface area contributed by atoms with Crippen molar-refractivity contribution in [3.63, 3.8) is 0 Å². The van der Waals surface area contributed by atoms with Gasteiger partial charge in [-0.25, -0.2) is 4.98 Å². The molecular weight excluding hydrogens is 391 g/mol. The largest absolute Gasteiger partial charge is 0.393 e. The molecule has 0 aromatic carbocycles. The van der Waals surface area contributed by atoms with E-state index in [-0.39, 0.29) is 18.5 Å². The highest BCUT2D eigenvalue weighted by atomic mass is 32.1. The quantitative estimate of drug-likeness (QED) is 0.712. The summed E-state index contributed by atoms with van der Waals surface area (Å²) in [5.41, 5.74) is 0.401. The number of nitrogens with zero attached hydrogens (tertiary/aromatic N) is 3. The van der Waals surface area contributed by atoms with Crippen LogP contribution in [-0.4, -0.2) is 39.6 Å². The number of aromatic nitrogens is 2. The number of aryl methyl sites for hydroxylation is 2. The molecule has 0 N–H and O–H groups in total. The standard InChI is InChI=1S/C19H22F3N3O2S/c1-11-14-16(23-13-7-3-2-4-9-25(13)17(14)26)28-15(11)18(27)24-8-5-6-12(10-24)19(20,21)22/h12H,2-10H2,1H3/t12-/m1/s1. The van der Waals surface area contributed by atoms with Crippen LogP contribution in [0.25, 0.3) is 10.2 Å². The zero-order valence-corrected chi connectivity index (χ0v) is 16.5. The Balaban J connectivity index is 1.71. The zero-order valence-electron chi connectivity index (χ0n) is 15.6. The van der Waals surface area contributed by atoms with Gasteiger partial charge in [0.15, 0.2) is 0 Å². The molecule has 0 radical (unpaired) electrons. The van der Waals surface area contributed by atoms with Gasteiger partial charge in [0.25, 0.3) is 11.5 Å². The molecule has 1 saturated heterocycles. The number of likely N-dealkylation sites (tertiary alicyclic amines) is 1. The Morgan fingerprint density at radius 3 is 2.71 bits per heavy atom. The molecule has 0 saturated carbocycles. The number of thiophene rings is 1. The first-order valence-electron chi connectivity index (χ1n) is 9.66. The fourth-order valence-corrected chi connectivity index (χ4v) is 5.34. The fraction of sp³-hybridized carbons (Fsp3) is 0.632. The van der Waals surface area contributed by atoms with E-state index in [4.69, 9.17) is 0 Å². The van der Waals surface area contributed by atoms with E-state index in [0.29, 0.717) is 40.2 Å². The fourth-order valence-electron chi connectivity index (χ4n) is 4.19. The molecule has 2 aliphatic rings. The molecule has 28 heavy (non-hydrogen) atoms. The normalized spacial score (nSPS) is 20.9. The highest BCUT2D eigenvalue weighted by Gasteiger charge is 2.43. The maximum atomic E-state index is 13.1. The van der Waals surface area contributed by atoms with E-state index in [1.807, 2.05) is 0 Å². The van der Waals surface area contributed by atoms with Crippen molar-refractivity contribution >= 4 is 27.5 Å². The molecule has 0 spiro atoms. The van der Waals surface area contributed by atoms with Crippen LogP contribution < -0.4 is 5.56 Å². The minimum Gasteiger partial charge on any atom is -0.337 e. The maximum absolute atomic E-state index is 13.1. The lowest BCUT2D eigenvalue weighted by atomic mass is 9.97. The summed E-state index contributed by atoms with van der Waals surface area (Å²) < 4.78 is 41.0. The minimum absolute atomic E-state index is 0.0499. The first-order valence-corrected chi connectivity index (χ1v) is 10.5. The lowest BCUT2D eigenvalue weighted by Gasteiger charge is -2.33. The van der Waals surface area contributed by atoms with Crippen LogP contribution in [0.3, 0.4) is 0 Å². The Kier molecular flexibility index (Phi) is 4.97. The van der Waals surface area contributed by atoms with Crippen molar-refractivity contribution in [3.8, 4) is 0 Å². The Bertz CT molecular complexity index is 979. The van der Waals surface area contributed by atoms with Crippen LogP contribution in [0.4, 0.5) is 13.2 Å². The van der Waals surface area contributed by atoms with Crippen LogP contribution in [0.15, 0.2) is 4.79 Å². The molecule has 1 atom stereocenters. The molecule has 2 aromatic rings. The number of piperidine rings is 1. The van der Waals surface area contributed by atoms with E-state index in [9.17, 15) is 22.8 Å². The number of rotatable bonds is 1. The second-order valence-corrected chi connectivity index (χ2v) is 8.66. The third kappa shape index (κ3) is 3.33. The molecule has 0 bridgehead atoms. The van der Waals surface area contributed by atoms with Crippen molar-refractivity contribution in [2.75, 3.05) is 13.1 Å². The summed E-state index contributed by atoms with van der Waals surface area (Å²) in [6, 6.07) is 0. The predicted octanol–water partition coefficient (Wildman–Crippen LogP) is 3.91. The first kappa shape index (κ1) is 19.4. The Morgan fingerprint density at radius 2 is 1.96 bits per heavy atom. The lowest BCUT2D eigenvalue weighted by molar-refractivity contribution is -0.184. The summed E-state index contributed by atoms with van der Waals surface area (Å²) in [7, 11) is 0. The molecular formula is C19H22F3N3O2S. The summed E-state index contributed by atoms with van der Waals surface area (Å²) in [6.07, 6.45) is -0.253. The predicted molar refractivity (Wildman–Crippen MR) is 101 cm³/mol. The van der Waals surface area contributed by atoms with Crippen LogP contribution in [0.5, 0.6) is 0 Å². The number of halogens is 3. The Morgan fingerprint density at radius 1 is 1.18 bits per heavy atom. The van der Waals surface area contributed by atoms with Gasteiger partial charge in [-0.15, -0.1) is 11.3 Å². The monoisotopic (exact) mass is 413 g/mol. The zero-order chi connectivity index (χ0) is 20.1. The van der Waals surface area contributed by atoms with Crippen LogP contribution >= 0.6 is 11.3 Å². The molecule has 4 heterocycles. The van der Waals surface area contributed by atoms with Gasteiger partial charge in [0.05, 0.1) is 16.2 Å². The number of fused-ring (bicyclic) bond motifs is 2. The second kappa shape index (κ2) is 7.17. The van der Waals surface area contributed by atoms with Gasteiger partial charge in [-0.05, 0) is 38.2 Å². The summed E-state index contributed by atoms with van der Waals surface area (Å²) in [4.78, 5) is 32.7. The number of hydrogen-bond donors (Lipinski definition) is 0. The molecule has 2 aromatic heterocycles. The molecule has 1 amide bonds. The van der Waals surface area contributed by atoms with Crippen molar-refractivity contribution < 1.29 is 18.0 Å². The first-order chi connectivity index (χ1) is 13.3. The average molecular weight is 413 g/mol. The van der Waals surface area contributed by atoms with E-state index in [1.165, 1.54) is 4.90 Å². The van der Waals surface area contributed by atoms with Crippen molar-refractivity contribution in [1.29, 1.82) is 0 Å². The summed E-state index contributed by atoms with van der Waals surface area (Å²) in [6.45, 7) is 2.31. The third-order valence-electron chi connectivity index (χ3n) is 5.78. The lowest BCUT2D eigenvalue weighted by Crippen LogP contribution is -2.44. The maximum Gasteiger partial charge on any atom is 0.393 e. The van der Waals surface area contributed by atoms with Crippen LogP contribution in [0.1, 0.15) is 53.2 Å². The molecule has 0 unspecified atom stereocenters. The van der Waals surface area contributed by atoms with E-state index in [2.05, 4.69) is 4.98 Å². The number of hydrogen-bond acceptors (Lipinski definition) is 4. The number of amides is 1. The van der Waals surface area contributed by atoms with Crippen molar-refractivity contribution in [1.82, 2.24) is 14.5 Å². The number of carbonyl (C=O) groups is 1. The van der Waals surface area contributed by atoms with Gasteiger partial charge in [-0.3, -0.25) is 14.2 Å². The van der Waals surface area contributed by atoms with Crippen molar-refractivity contribution in [2.24, 2.45) is 5.92 Å². The van der Waals surface area contributed by atoms with E-state index in [0.717, 1.165) is 42.8 Å². The number of alkyl halides is 3. The van der Waals surface area contributed by atoms with E-state index >= 15 is 0 Å². The Labute approximate surface area is 164 Å². The van der Waals surface area contributed by atoms with Gasteiger partial charge >= 0.3 is 6.18 Å². The molecule has 5 nitrogen and oxygen atoms in total. The van der Waals surface area contributed by atoms with Crippen LogP contribution in [0, 0.1) is 12.8 Å². The summed E-state index contributed by atoms with van der Waals surface area (Å²) in [5.74, 6) is -1.17. The smallest absolute Gasteiger partial charge is 0.337 e. The van der Waals surface area contributed by atoms with Gasteiger partial charge in [0.1, 0.15) is 10.7 Å². The van der Waals surface area contributed by atoms with E-state index in [1.54, 1.807) is 11.5 Å². The van der Waals surface area contributed by atoms with Crippen molar-refractivity contribution in [3.05, 3.63) is 26.6 Å². The van der Waals surface area contributed by atoms with Gasteiger partial charge in [-0.1, -0.05) is 6.42 Å². The van der Waals surface area contributed by atoms with Crippen LogP contribution in [0.2, 0.25) is 0 Å². The minimum atomic E-state index is -4.30. The van der Waals surface area contributed by atoms with Gasteiger partial charge in [0.2, 0.25) is 0 Å². The molecule has 1 fully saturated rings. The van der Waals surface area contributed by atoms with E-state index < -0.39 is 18.0 Å². The second-order valence-electron chi connectivity index (χ2n) is 7.66. The number of carbonyl (C=O) groups excluding carboxylic acids is 1. The molecule has 0 aliphatic carbocycles. The average Bonchev–Trinajstić information content (AvgIpc) is 2.82. The summed E-state index contributed by atoms with van der Waals surface area (Å²) in [5, 5.41) is 0.434. The molecule has 9 heteroatoms. The Hall–Kier alpha value is -1.90. The molecule has 4 rings (SSSR count). The van der Waals surface area contributed by atoms with Gasteiger partial charge in [-0.2, -0.15) is 13.2 Å². The van der Waals surface area contributed by atoms with Gasteiger partial charge in [0, 0.05) is 26.1 Å². The topological polar surface area (TPSA) is 55.2 Å². The highest BCUT2D eigenvalue weighted by molar-refractivity contribution is 7.20. The third-order valence-corrected chi connectivity index (χ3v) is 6.95. The SMILES string of the molecule is Cc1c(C(=O)N2CCC[C@@H](C(F)(F)F)C2)sc2nc3n(c(=O)c12)CCCCC3. The van der Waals surface area contributed by atoms with Gasteiger partial charge < -0.3 is 4.90 Å². The summed E-state index contributed by atoms with van der Waals surface area (Å²) >= 11 is 1.13. The molecule has 2 aliphatic heterocycles. The highest BCUT2D eigenvalue weighted by Crippen LogP contribution is 2.35. The van der Waals surface area contributed by atoms with Crippen LogP contribution in [-0.2, 0) is 13.0 Å². The molecule has 152 valence electrons.